The van der Waals surface area contributed by atoms with Gasteiger partial charge in [-0.2, -0.15) is 0 Å². The Hall–Kier alpha value is -3.52. The zero-order chi connectivity index (χ0) is 22.3. The number of amides is 1. The van der Waals surface area contributed by atoms with E-state index in [1.165, 1.54) is 23.9 Å². The number of hydrogen-bond acceptors (Lipinski definition) is 5. The van der Waals surface area contributed by atoms with E-state index in [-0.39, 0.29) is 17.5 Å². The van der Waals surface area contributed by atoms with Crippen molar-refractivity contribution < 1.29 is 9.18 Å². The molecular formula is C24H22FN5OS. The lowest BCUT2D eigenvalue weighted by atomic mass is 10.1. The molecule has 162 valence electrons. The van der Waals surface area contributed by atoms with Gasteiger partial charge in [0.05, 0.1) is 11.4 Å². The van der Waals surface area contributed by atoms with Crippen molar-refractivity contribution in [2.24, 2.45) is 0 Å². The summed E-state index contributed by atoms with van der Waals surface area (Å²) in [5.41, 5.74) is 3.91. The molecule has 1 amide bonds. The van der Waals surface area contributed by atoms with Gasteiger partial charge in [0.2, 0.25) is 5.91 Å². The van der Waals surface area contributed by atoms with Gasteiger partial charge in [-0.1, -0.05) is 42.1 Å². The standard InChI is InChI=1S/C24H22FN5OS/c1-17-4-2-3-5-21(17)30-23(19-11-13-26-14-12-19)28-29-24(30)32-16-22(31)27-15-10-18-6-8-20(25)9-7-18/h2-9,11-14H,10,15-16H2,1H3,(H,27,31). The van der Waals surface area contributed by atoms with E-state index in [0.717, 1.165) is 22.4 Å². The van der Waals surface area contributed by atoms with Crippen LogP contribution in [-0.2, 0) is 11.2 Å². The van der Waals surface area contributed by atoms with Crippen LogP contribution in [0.1, 0.15) is 11.1 Å². The number of nitrogens with one attached hydrogen (secondary N) is 1. The van der Waals surface area contributed by atoms with E-state index in [0.29, 0.717) is 23.9 Å². The molecule has 0 aliphatic carbocycles. The molecule has 0 spiro atoms. The van der Waals surface area contributed by atoms with Crippen LogP contribution in [0.4, 0.5) is 4.39 Å². The van der Waals surface area contributed by atoms with Gasteiger partial charge >= 0.3 is 0 Å². The van der Waals surface area contributed by atoms with Gasteiger partial charge < -0.3 is 5.32 Å². The number of hydrogen-bond donors (Lipinski definition) is 1. The van der Waals surface area contributed by atoms with Crippen LogP contribution < -0.4 is 5.32 Å². The van der Waals surface area contributed by atoms with Gasteiger partial charge in [0.25, 0.3) is 0 Å². The number of nitrogens with zero attached hydrogens (tertiary/aromatic N) is 4. The maximum atomic E-state index is 13.0. The lowest BCUT2D eigenvalue weighted by Crippen LogP contribution is -2.27. The average molecular weight is 448 g/mol. The monoisotopic (exact) mass is 447 g/mol. The van der Waals surface area contributed by atoms with Gasteiger partial charge in [-0.15, -0.1) is 10.2 Å². The molecule has 4 aromatic rings. The van der Waals surface area contributed by atoms with Crippen molar-refractivity contribution in [2.75, 3.05) is 12.3 Å². The van der Waals surface area contributed by atoms with Crippen LogP contribution in [0.25, 0.3) is 17.1 Å². The van der Waals surface area contributed by atoms with E-state index >= 15 is 0 Å². The molecule has 1 N–H and O–H groups in total. The summed E-state index contributed by atoms with van der Waals surface area (Å²) in [5.74, 6) is 0.546. The summed E-state index contributed by atoms with van der Waals surface area (Å²) in [6, 6.07) is 18.1. The fourth-order valence-electron chi connectivity index (χ4n) is 3.26. The lowest BCUT2D eigenvalue weighted by Gasteiger charge is -2.13. The number of aromatic nitrogens is 4. The Morgan fingerprint density at radius 2 is 1.78 bits per heavy atom. The quantitative estimate of drug-likeness (QED) is 0.409. The molecule has 0 aliphatic heterocycles. The van der Waals surface area contributed by atoms with Crippen LogP contribution in [0.3, 0.4) is 0 Å². The van der Waals surface area contributed by atoms with Crippen LogP contribution in [0.2, 0.25) is 0 Å². The minimum Gasteiger partial charge on any atom is -0.355 e. The molecule has 0 bridgehead atoms. The van der Waals surface area contributed by atoms with E-state index < -0.39 is 0 Å². The van der Waals surface area contributed by atoms with Crippen LogP contribution in [0, 0.1) is 12.7 Å². The smallest absolute Gasteiger partial charge is 0.230 e. The van der Waals surface area contributed by atoms with Crippen LogP contribution >= 0.6 is 11.8 Å². The van der Waals surface area contributed by atoms with Crippen molar-refractivity contribution in [3.63, 3.8) is 0 Å². The summed E-state index contributed by atoms with van der Waals surface area (Å²) >= 11 is 1.33. The fourth-order valence-corrected chi connectivity index (χ4v) is 4.04. The van der Waals surface area contributed by atoms with E-state index in [1.54, 1.807) is 24.5 Å². The van der Waals surface area contributed by atoms with Crippen molar-refractivity contribution in [3.8, 4) is 17.1 Å². The first-order valence-electron chi connectivity index (χ1n) is 10.2. The zero-order valence-electron chi connectivity index (χ0n) is 17.5. The number of thioether (sulfide) groups is 1. The molecule has 0 radical (unpaired) electrons. The first kappa shape index (κ1) is 21.7. The number of para-hydroxylation sites is 1. The Morgan fingerprint density at radius 1 is 1.03 bits per heavy atom. The molecule has 0 fully saturated rings. The van der Waals surface area contributed by atoms with Gasteiger partial charge in [0.1, 0.15) is 5.82 Å². The molecule has 0 unspecified atom stereocenters. The second-order valence-corrected chi connectivity index (χ2v) is 8.12. The molecule has 0 aliphatic rings. The number of halogens is 1. The minimum absolute atomic E-state index is 0.0955. The normalized spacial score (nSPS) is 10.8. The third-order valence-corrected chi connectivity index (χ3v) is 5.84. The summed E-state index contributed by atoms with van der Waals surface area (Å²) in [6.45, 7) is 2.51. The first-order chi connectivity index (χ1) is 15.6. The van der Waals surface area contributed by atoms with Gasteiger partial charge in [0.15, 0.2) is 11.0 Å². The van der Waals surface area contributed by atoms with Crippen molar-refractivity contribution >= 4 is 17.7 Å². The number of rotatable bonds is 8. The first-order valence-corrected chi connectivity index (χ1v) is 11.2. The lowest BCUT2D eigenvalue weighted by molar-refractivity contribution is -0.118. The average Bonchev–Trinajstić information content (AvgIpc) is 3.23. The minimum atomic E-state index is -0.266. The molecular weight excluding hydrogens is 425 g/mol. The molecule has 0 atom stereocenters. The van der Waals surface area contributed by atoms with Gasteiger partial charge in [-0.25, -0.2) is 4.39 Å². The largest absolute Gasteiger partial charge is 0.355 e. The highest BCUT2D eigenvalue weighted by Gasteiger charge is 2.18. The van der Waals surface area contributed by atoms with Gasteiger partial charge in [0, 0.05) is 24.5 Å². The van der Waals surface area contributed by atoms with Crippen LogP contribution in [0.5, 0.6) is 0 Å². The highest BCUT2D eigenvalue weighted by atomic mass is 32.2. The predicted octanol–water partition coefficient (Wildman–Crippen LogP) is 4.23. The third-order valence-electron chi connectivity index (χ3n) is 4.91. The number of carbonyl (C=O) groups excluding carboxylic acids is 1. The fraction of sp³-hybridized carbons (Fsp3) is 0.167. The van der Waals surface area contributed by atoms with Crippen molar-refractivity contribution in [2.45, 2.75) is 18.5 Å². The Labute approximate surface area is 189 Å². The summed E-state index contributed by atoms with van der Waals surface area (Å²) in [5, 5.41) is 12.3. The number of aryl methyl sites for hydroxylation is 1. The number of pyridine rings is 1. The predicted molar refractivity (Wildman–Crippen MR) is 123 cm³/mol. The number of benzene rings is 2. The number of carbonyl (C=O) groups is 1. The van der Waals surface area contributed by atoms with Crippen LogP contribution in [-0.4, -0.2) is 38.0 Å². The summed E-state index contributed by atoms with van der Waals surface area (Å²) in [7, 11) is 0. The molecule has 0 saturated carbocycles. The van der Waals surface area contributed by atoms with E-state index in [9.17, 15) is 9.18 Å². The summed E-state index contributed by atoms with van der Waals surface area (Å²) in [4.78, 5) is 16.5. The molecule has 2 heterocycles. The van der Waals surface area contributed by atoms with Crippen molar-refractivity contribution in [3.05, 3.63) is 90.0 Å². The van der Waals surface area contributed by atoms with Gasteiger partial charge in [-0.3, -0.25) is 14.3 Å². The molecule has 2 aromatic carbocycles. The Bertz CT molecular complexity index is 1190. The summed E-state index contributed by atoms with van der Waals surface area (Å²) in [6.07, 6.45) is 4.07. The summed E-state index contributed by atoms with van der Waals surface area (Å²) < 4.78 is 15.0. The molecule has 32 heavy (non-hydrogen) atoms. The van der Waals surface area contributed by atoms with Gasteiger partial charge in [-0.05, 0) is 54.8 Å². The molecule has 4 rings (SSSR count). The topological polar surface area (TPSA) is 72.7 Å². The maximum Gasteiger partial charge on any atom is 0.230 e. The van der Waals surface area contributed by atoms with Crippen molar-refractivity contribution in [1.82, 2.24) is 25.1 Å². The zero-order valence-corrected chi connectivity index (χ0v) is 18.3. The third kappa shape index (κ3) is 5.20. The highest BCUT2D eigenvalue weighted by Crippen LogP contribution is 2.29. The Balaban J connectivity index is 1.46. The second-order valence-electron chi connectivity index (χ2n) is 7.18. The van der Waals surface area contributed by atoms with E-state index in [1.807, 2.05) is 47.9 Å². The SMILES string of the molecule is Cc1ccccc1-n1c(SCC(=O)NCCc2ccc(F)cc2)nnc1-c1ccncc1. The molecule has 8 heteroatoms. The van der Waals surface area contributed by atoms with Crippen LogP contribution in [0.15, 0.2) is 78.2 Å². The molecule has 6 nitrogen and oxygen atoms in total. The van der Waals surface area contributed by atoms with E-state index in [4.69, 9.17) is 0 Å². The second kappa shape index (κ2) is 10.2. The molecule has 0 saturated heterocycles. The Morgan fingerprint density at radius 3 is 2.53 bits per heavy atom. The van der Waals surface area contributed by atoms with Crippen molar-refractivity contribution in [1.29, 1.82) is 0 Å². The molecule has 2 aromatic heterocycles. The Kier molecular flexibility index (Phi) is 6.91. The highest BCUT2D eigenvalue weighted by molar-refractivity contribution is 7.99. The van der Waals surface area contributed by atoms with E-state index in [2.05, 4.69) is 20.5 Å². The maximum absolute atomic E-state index is 13.0.